The summed E-state index contributed by atoms with van der Waals surface area (Å²) in [5, 5.41) is 0.663. The van der Waals surface area contributed by atoms with E-state index in [2.05, 4.69) is 20.8 Å². The van der Waals surface area contributed by atoms with Crippen molar-refractivity contribution in [3.8, 4) is 23.1 Å². The molecule has 11 nitrogen and oxygen atoms in total. The van der Waals surface area contributed by atoms with Crippen LogP contribution in [0.3, 0.4) is 0 Å². The molecule has 1 fully saturated rings. The Hall–Kier alpha value is -4.28. The van der Waals surface area contributed by atoms with Crippen LogP contribution in [0.1, 0.15) is 19.8 Å². The van der Waals surface area contributed by atoms with Gasteiger partial charge in [0, 0.05) is 38.9 Å². The fraction of sp³-hybridized carbons (Fsp3) is 0.304. The molecule has 34 heavy (non-hydrogen) atoms. The second kappa shape index (κ2) is 10.1. The van der Waals surface area contributed by atoms with E-state index in [1.54, 1.807) is 44.4 Å². The van der Waals surface area contributed by atoms with Crippen molar-refractivity contribution < 1.29 is 23.8 Å². The highest BCUT2D eigenvalue weighted by molar-refractivity contribution is 5.87. The van der Waals surface area contributed by atoms with Crippen molar-refractivity contribution in [3.63, 3.8) is 0 Å². The van der Waals surface area contributed by atoms with Gasteiger partial charge >= 0.3 is 6.03 Å². The van der Waals surface area contributed by atoms with Gasteiger partial charge in [-0.3, -0.25) is 15.6 Å². The molecule has 1 aliphatic rings. The Morgan fingerprint density at radius 2 is 1.82 bits per heavy atom. The number of primary amides is 1. The molecule has 0 spiro atoms. The molecular formula is C23H26N6O5. The maximum absolute atomic E-state index is 11.6. The maximum Gasteiger partial charge on any atom is 0.330 e. The van der Waals surface area contributed by atoms with E-state index in [9.17, 15) is 9.59 Å². The number of nitrogens with two attached hydrogens (primary N) is 1. The quantitative estimate of drug-likeness (QED) is 0.452. The molecule has 4 rings (SSSR count). The highest BCUT2D eigenvalue weighted by atomic mass is 16.5. The summed E-state index contributed by atoms with van der Waals surface area (Å²) in [4.78, 5) is 32.8. The number of amides is 3. The summed E-state index contributed by atoms with van der Waals surface area (Å²) in [5.74, 6) is 2.11. The van der Waals surface area contributed by atoms with Gasteiger partial charge in [-0.15, -0.1) is 0 Å². The third-order valence-electron chi connectivity index (χ3n) is 5.46. The first kappa shape index (κ1) is 22.9. The molecule has 0 aliphatic carbocycles. The van der Waals surface area contributed by atoms with Crippen LogP contribution >= 0.6 is 0 Å². The fourth-order valence-corrected chi connectivity index (χ4v) is 3.69. The van der Waals surface area contributed by atoms with Crippen LogP contribution in [0.2, 0.25) is 0 Å². The van der Waals surface area contributed by atoms with E-state index in [1.807, 2.05) is 11.0 Å². The largest absolute Gasteiger partial charge is 0.493 e. The molecule has 3 amide bonds. The smallest absolute Gasteiger partial charge is 0.330 e. The van der Waals surface area contributed by atoms with Crippen LogP contribution < -0.4 is 30.8 Å². The van der Waals surface area contributed by atoms with E-state index in [-0.39, 0.29) is 12.0 Å². The predicted molar refractivity (Wildman–Crippen MR) is 125 cm³/mol. The first-order valence-corrected chi connectivity index (χ1v) is 10.8. The normalized spacial score (nSPS) is 13.9. The van der Waals surface area contributed by atoms with E-state index in [0.717, 1.165) is 12.8 Å². The maximum atomic E-state index is 11.6. The average Bonchev–Trinajstić information content (AvgIpc) is 2.83. The first-order chi connectivity index (χ1) is 16.4. The second-order valence-corrected chi connectivity index (χ2v) is 7.76. The van der Waals surface area contributed by atoms with Gasteiger partial charge in [0.2, 0.25) is 11.8 Å². The number of hydrogen-bond acceptors (Lipinski definition) is 8. The Morgan fingerprint density at radius 3 is 2.47 bits per heavy atom. The van der Waals surface area contributed by atoms with Gasteiger partial charge < -0.3 is 24.8 Å². The molecule has 1 aliphatic heterocycles. The highest BCUT2D eigenvalue weighted by Gasteiger charge is 2.23. The summed E-state index contributed by atoms with van der Waals surface area (Å²) in [6, 6.07) is 9.80. The van der Waals surface area contributed by atoms with Crippen molar-refractivity contribution >= 4 is 28.5 Å². The van der Waals surface area contributed by atoms with Gasteiger partial charge in [-0.1, -0.05) is 0 Å². The van der Waals surface area contributed by atoms with Gasteiger partial charge in [-0.25, -0.2) is 14.8 Å². The lowest BCUT2D eigenvalue weighted by molar-refractivity contribution is -0.130. The SMILES string of the molecule is COc1cc2c(Oc3ccc(NNC(N)=O)cc3)ncnc2cc1OC1CCN(C(C)=O)CC1. The van der Waals surface area contributed by atoms with E-state index in [1.165, 1.54) is 6.33 Å². The summed E-state index contributed by atoms with van der Waals surface area (Å²) < 4.78 is 17.8. The molecule has 178 valence electrons. The zero-order chi connectivity index (χ0) is 24.1. The summed E-state index contributed by atoms with van der Waals surface area (Å²) in [6.07, 6.45) is 2.90. The van der Waals surface area contributed by atoms with Gasteiger partial charge in [-0.05, 0) is 30.3 Å². The molecule has 0 saturated carbocycles. The topological polar surface area (TPSA) is 141 Å². The number of rotatable bonds is 7. The molecule has 0 radical (unpaired) electrons. The average molecular weight is 466 g/mol. The Kier molecular flexibility index (Phi) is 6.81. The van der Waals surface area contributed by atoms with Gasteiger partial charge in [-0.2, -0.15) is 0 Å². The number of urea groups is 1. The fourth-order valence-electron chi connectivity index (χ4n) is 3.69. The van der Waals surface area contributed by atoms with Crippen molar-refractivity contribution in [3.05, 3.63) is 42.7 Å². The second-order valence-electron chi connectivity index (χ2n) is 7.76. The first-order valence-electron chi connectivity index (χ1n) is 10.8. The molecular weight excluding hydrogens is 440 g/mol. The van der Waals surface area contributed by atoms with Crippen LogP contribution in [-0.4, -0.2) is 53.1 Å². The van der Waals surface area contributed by atoms with Crippen molar-refractivity contribution in [2.24, 2.45) is 5.73 Å². The van der Waals surface area contributed by atoms with E-state index < -0.39 is 6.03 Å². The number of piperidine rings is 1. The zero-order valence-electron chi connectivity index (χ0n) is 18.9. The summed E-state index contributed by atoms with van der Waals surface area (Å²) in [5.41, 5.74) is 11.3. The lowest BCUT2D eigenvalue weighted by atomic mass is 10.1. The molecule has 4 N–H and O–H groups in total. The van der Waals surface area contributed by atoms with Crippen LogP contribution in [0, 0.1) is 0 Å². The number of fused-ring (bicyclic) bond motifs is 1. The predicted octanol–water partition coefficient (Wildman–Crippen LogP) is 2.82. The third-order valence-corrected chi connectivity index (χ3v) is 5.46. The van der Waals surface area contributed by atoms with Crippen LogP contribution in [0.15, 0.2) is 42.7 Å². The van der Waals surface area contributed by atoms with Crippen LogP contribution in [0.25, 0.3) is 10.9 Å². The van der Waals surface area contributed by atoms with Crippen molar-refractivity contribution in [1.29, 1.82) is 0 Å². The number of likely N-dealkylation sites (tertiary alicyclic amines) is 1. The van der Waals surface area contributed by atoms with Crippen molar-refractivity contribution in [2.45, 2.75) is 25.9 Å². The number of ether oxygens (including phenoxy) is 3. The standard InChI is InChI=1S/C23H26N6O5/c1-14(30)29-9-7-17(8-10-29)33-21-12-19-18(11-20(21)32-2)22(26-13-25-19)34-16-5-3-15(4-6-16)27-28-23(24)31/h3-6,11-13,17,27H,7-10H2,1-2H3,(H3,24,28,31). The minimum Gasteiger partial charge on any atom is -0.493 e. The highest BCUT2D eigenvalue weighted by Crippen LogP contribution is 2.37. The zero-order valence-corrected chi connectivity index (χ0v) is 18.9. The summed E-state index contributed by atoms with van der Waals surface area (Å²) >= 11 is 0. The molecule has 2 aromatic carbocycles. The van der Waals surface area contributed by atoms with E-state index >= 15 is 0 Å². The number of anilines is 1. The molecule has 2 heterocycles. The Bertz CT molecular complexity index is 1180. The minimum absolute atomic E-state index is 0.0179. The molecule has 3 aromatic rings. The number of carbonyl (C=O) groups is 2. The Balaban J connectivity index is 1.51. The number of nitrogens with zero attached hydrogens (tertiary/aromatic N) is 3. The molecule has 1 aromatic heterocycles. The molecule has 0 atom stereocenters. The van der Waals surface area contributed by atoms with Crippen molar-refractivity contribution in [2.75, 3.05) is 25.6 Å². The number of carbonyl (C=O) groups excluding carboxylic acids is 2. The van der Waals surface area contributed by atoms with Gasteiger partial charge in [0.1, 0.15) is 18.2 Å². The summed E-state index contributed by atoms with van der Waals surface area (Å²) in [7, 11) is 1.57. The van der Waals surface area contributed by atoms with Gasteiger partial charge in [0.05, 0.1) is 23.7 Å². The number of benzene rings is 2. The number of hydrogen-bond donors (Lipinski definition) is 3. The molecule has 0 unspecified atom stereocenters. The van der Waals surface area contributed by atoms with Gasteiger partial charge in [0.25, 0.3) is 0 Å². The number of nitrogens with one attached hydrogen (secondary N) is 2. The lowest BCUT2D eigenvalue weighted by Gasteiger charge is -2.31. The number of methoxy groups -OCH3 is 1. The minimum atomic E-state index is -0.688. The monoisotopic (exact) mass is 466 g/mol. The van der Waals surface area contributed by atoms with Crippen LogP contribution in [0.4, 0.5) is 10.5 Å². The molecule has 0 bridgehead atoms. The molecule has 1 saturated heterocycles. The van der Waals surface area contributed by atoms with Crippen molar-refractivity contribution in [1.82, 2.24) is 20.3 Å². The van der Waals surface area contributed by atoms with E-state index in [4.69, 9.17) is 19.9 Å². The van der Waals surface area contributed by atoms with Gasteiger partial charge in [0.15, 0.2) is 11.5 Å². The third kappa shape index (κ3) is 5.37. The summed E-state index contributed by atoms with van der Waals surface area (Å²) in [6.45, 7) is 2.92. The lowest BCUT2D eigenvalue weighted by Crippen LogP contribution is -2.40. The van der Waals surface area contributed by atoms with Crippen LogP contribution in [0.5, 0.6) is 23.1 Å². The molecule has 11 heteroatoms. The van der Waals surface area contributed by atoms with Crippen LogP contribution in [-0.2, 0) is 4.79 Å². The number of aromatic nitrogens is 2. The number of hydrazine groups is 1. The van der Waals surface area contributed by atoms with E-state index in [0.29, 0.717) is 52.8 Å². The Labute approximate surface area is 196 Å². The Morgan fingerprint density at radius 1 is 1.09 bits per heavy atom.